The summed E-state index contributed by atoms with van der Waals surface area (Å²) in [4.78, 5) is 31.6. The Balaban J connectivity index is 0.00000392. The van der Waals surface area contributed by atoms with Gasteiger partial charge in [0.2, 0.25) is 5.78 Å². The van der Waals surface area contributed by atoms with Crippen molar-refractivity contribution in [2.24, 2.45) is 0 Å². The minimum atomic E-state index is -0.251. The Bertz CT molecular complexity index is 801. The predicted molar refractivity (Wildman–Crippen MR) is 114 cm³/mol. The number of ketones is 1. The molecule has 0 saturated heterocycles. The third-order valence-corrected chi connectivity index (χ3v) is 3.48. The molecule has 0 bridgehead atoms. The third kappa shape index (κ3) is 8.93. The van der Waals surface area contributed by atoms with E-state index in [9.17, 15) is 9.59 Å². The standard InChI is InChI=1S/C20H22N2O5.2ClH/c1-3-26-20(24)8-6-12-27-18-13-15(22-14-19(18)25-2)9-10-17(23)16-7-4-5-11-21-16;;/h4-5,7,9-11,13-14H,3,6,8,12H2,1-2H3;2*1H/b10-9+;;. The topological polar surface area (TPSA) is 87.6 Å². The molecule has 9 heteroatoms. The van der Waals surface area contributed by atoms with E-state index < -0.39 is 0 Å². The number of nitrogens with zero attached hydrogens (tertiary/aromatic N) is 2. The second kappa shape index (κ2) is 14.4. The van der Waals surface area contributed by atoms with Crippen LogP contribution in [0.5, 0.6) is 11.5 Å². The number of hydrogen-bond donors (Lipinski definition) is 0. The molecule has 0 aliphatic heterocycles. The molecule has 0 aromatic carbocycles. The molecule has 158 valence electrons. The lowest BCUT2D eigenvalue weighted by Gasteiger charge is -2.10. The van der Waals surface area contributed by atoms with Crippen LogP contribution in [0.4, 0.5) is 0 Å². The van der Waals surface area contributed by atoms with Crippen LogP contribution in [0.1, 0.15) is 35.9 Å². The van der Waals surface area contributed by atoms with Gasteiger partial charge in [0.15, 0.2) is 11.5 Å². The van der Waals surface area contributed by atoms with Gasteiger partial charge < -0.3 is 14.2 Å². The Hall–Kier alpha value is -2.64. The molecular weight excluding hydrogens is 419 g/mol. The van der Waals surface area contributed by atoms with E-state index in [2.05, 4.69) is 9.97 Å². The maximum Gasteiger partial charge on any atom is 0.305 e. The van der Waals surface area contributed by atoms with E-state index in [1.54, 1.807) is 43.5 Å². The summed E-state index contributed by atoms with van der Waals surface area (Å²) in [5.41, 5.74) is 0.901. The molecule has 0 radical (unpaired) electrons. The van der Waals surface area contributed by atoms with Gasteiger partial charge in [0.1, 0.15) is 5.69 Å². The maximum absolute atomic E-state index is 12.1. The van der Waals surface area contributed by atoms with Crippen LogP contribution in [-0.2, 0) is 9.53 Å². The van der Waals surface area contributed by atoms with Crippen LogP contribution in [0.15, 0.2) is 42.7 Å². The SMILES string of the molecule is CCOC(=O)CCCOc1cc(/C=C/C(=O)c2ccccn2)ncc1OC.Cl.Cl. The van der Waals surface area contributed by atoms with E-state index in [0.717, 1.165) is 0 Å². The minimum absolute atomic E-state index is 0. The molecule has 0 amide bonds. The summed E-state index contributed by atoms with van der Waals surface area (Å²) in [6.45, 7) is 2.46. The average molecular weight is 443 g/mol. The first-order chi connectivity index (χ1) is 13.1. The number of ether oxygens (including phenoxy) is 3. The molecule has 0 fully saturated rings. The van der Waals surface area contributed by atoms with Crippen molar-refractivity contribution in [2.75, 3.05) is 20.3 Å². The Morgan fingerprint density at radius 2 is 1.93 bits per heavy atom. The largest absolute Gasteiger partial charge is 0.491 e. The number of carbonyl (C=O) groups is 2. The van der Waals surface area contributed by atoms with Gasteiger partial charge in [-0.25, -0.2) is 0 Å². The van der Waals surface area contributed by atoms with E-state index in [0.29, 0.717) is 42.5 Å². The fourth-order valence-corrected chi connectivity index (χ4v) is 2.18. The average Bonchev–Trinajstić information content (AvgIpc) is 2.70. The second-order valence-electron chi connectivity index (χ2n) is 5.43. The minimum Gasteiger partial charge on any atom is -0.491 e. The van der Waals surface area contributed by atoms with Gasteiger partial charge in [0.25, 0.3) is 0 Å². The molecule has 2 rings (SSSR count). The van der Waals surface area contributed by atoms with Crippen molar-refractivity contribution < 1.29 is 23.8 Å². The van der Waals surface area contributed by atoms with E-state index in [1.807, 2.05) is 0 Å². The van der Waals surface area contributed by atoms with Crippen molar-refractivity contribution in [1.29, 1.82) is 0 Å². The monoisotopic (exact) mass is 442 g/mol. The van der Waals surface area contributed by atoms with Gasteiger partial charge in [-0.05, 0) is 37.6 Å². The predicted octanol–water partition coefficient (Wildman–Crippen LogP) is 3.95. The molecule has 2 heterocycles. The van der Waals surface area contributed by atoms with E-state index in [-0.39, 0.29) is 43.0 Å². The van der Waals surface area contributed by atoms with Gasteiger partial charge in [-0.3, -0.25) is 19.6 Å². The number of hydrogen-bond acceptors (Lipinski definition) is 7. The summed E-state index contributed by atoms with van der Waals surface area (Å²) in [5, 5.41) is 0. The quantitative estimate of drug-likeness (QED) is 0.238. The first-order valence-corrected chi connectivity index (χ1v) is 8.60. The first-order valence-electron chi connectivity index (χ1n) is 8.60. The number of halogens is 2. The fraction of sp³-hybridized carbons (Fsp3) is 0.300. The third-order valence-electron chi connectivity index (χ3n) is 3.48. The number of pyridine rings is 2. The molecule has 0 N–H and O–H groups in total. The van der Waals surface area contributed by atoms with Crippen molar-refractivity contribution in [3.8, 4) is 11.5 Å². The highest BCUT2D eigenvalue weighted by molar-refractivity contribution is 6.05. The lowest BCUT2D eigenvalue weighted by atomic mass is 10.2. The van der Waals surface area contributed by atoms with Crippen LogP contribution in [0.3, 0.4) is 0 Å². The second-order valence-corrected chi connectivity index (χ2v) is 5.43. The molecule has 7 nitrogen and oxygen atoms in total. The van der Waals surface area contributed by atoms with Gasteiger partial charge in [0.05, 0.1) is 32.2 Å². The summed E-state index contributed by atoms with van der Waals surface area (Å²) in [6.07, 6.45) is 6.88. The zero-order valence-electron chi connectivity index (χ0n) is 16.2. The maximum atomic E-state index is 12.1. The smallest absolute Gasteiger partial charge is 0.305 e. The lowest BCUT2D eigenvalue weighted by molar-refractivity contribution is -0.143. The summed E-state index contributed by atoms with van der Waals surface area (Å²) >= 11 is 0. The number of carbonyl (C=O) groups excluding carboxylic acids is 2. The van der Waals surface area contributed by atoms with Crippen molar-refractivity contribution in [2.45, 2.75) is 19.8 Å². The zero-order valence-corrected chi connectivity index (χ0v) is 17.8. The molecule has 0 aliphatic rings. The molecule has 0 unspecified atom stereocenters. The molecule has 0 saturated carbocycles. The van der Waals surface area contributed by atoms with Crippen LogP contribution in [0.25, 0.3) is 6.08 Å². The number of methoxy groups -OCH3 is 1. The molecule has 0 spiro atoms. The number of esters is 1. The van der Waals surface area contributed by atoms with Crippen molar-refractivity contribution in [3.05, 3.63) is 54.1 Å². The molecule has 0 aliphatic carbocycles. The first kappa shape index (κ1) is 26.4. The van der Waals surface area contributed by atoms with Crippen LogP contribution in [0.2, 0.25) is 0 Å². The summed E-state index contributed by atoms with van der Waals surface area (Å²) < 4.78 is 15.8. The number of rotatable bonds is 10. The number of aromatic nitrogens is 2. The summed E-state index contributed by atoms with van der Waals surface area (Å²) in [7, 11) is 1.52. The van der Waals surface area contributed by atoms with E-state index in [4.69, 9.17) is 14.2 Å². The molecule has 2 aromatic heterocycles. The Morgan fingerprint density at radius 3 is 2.59 bits per heavy atom. The molecule has 2 aromatic rings. The van der Waals surface area contributed by atoms with Gasteiger partial charge in [-0.15, -0.1) is 24.8 Å². The summed E-state index contributed by atoms with van der Waals surface area (Å²) in [6, 6.07) is 6.82. The highest BCUT2D eigenvalue weighted by atomic mass is 35.5. The lowest BCUT2D eigenvalue weighted by Crippen LogP contribution is -2.07. The number of allylic oxidation sites excluding steroid dienone is 1. The van der Waals surface area contributed by atoms with Crippen LogP contribution in [0, 0.1) is 0 Å². The van der Waals surface area contributed by atoms with Crippen molar-refractivity contribution in [3.63, 3.8) is 0 Å². The Labute approximate surface area is 182 Å². The molecule has 29 heavy (non-hydrogen) atoms. The molecular formula is C20H24Cl2N2O5. The highest BCUT2D eigenvalue weighted by Gasteiger charge is 2.08. The van der Waals surface area contributed by atoms with Gasteiger partial charge in [-0.1, -0.05) is 6.07 Å². The van der Waals surface area contributed by atoms with Crippen LogP contribution < -0.4 is 9.47 Å². The van der Waals surface area contributed by atoms with Gasteiger partial charge in [-0.2, -0.15) is 0 Å². The van der Waals surface area contributed by atoms with Crippen molar-refractivity contribution in [1.82, 2.24) is 9.97 Å². The van der Waals surface area contributed by atoms with E-state index >= 15 is 0 Å². The normalized spacial score (nSPS) is 9.86. The fourth-order valence-electron chi connectivity index (χ4n) is 2.18. The van der Waals surface area contributed by atoms with Crippen molar-refractivity contribution >= 4 is 42.6 Å². The van der Waals surface area contributed by atoms with Crippen LogP contribution in [-0.4, -0.2) is 42.0 Å². The van der Waals surface area contributed by atoms with Crippen LogP contribution >= 0.6 is 24.8 Å². The zero-order chi connectivity index (χ0) is 19.5. The van der Waals surface area contributed by atoms with E-state index in [1.165, 1.54) is 19.4 Å². The van der Waals surface area contributed by atoms with Gasteiger partial charge >= 0.3 is 5.97 Å². The highest BCUT2D eigenvalue weighted by Crippen LogP contribution is 2.27. The summed E-state index contributed by atoms with van der Waals surface area (Å²) in [5.74, 6) is 0.491. The Kier molecular flexibility index (Phi) is 13.1. The van der Waals surface area contributed by atoms with Gasteiger partial charge in [0, 0.05) is 18.7 Å². The molecule has 0 atom stereocenters. The Morgan fingerprint density at radius 1 is 1.14 bits per heavy atom.